The summed E-state index contributed by atoms with van der Waals surface area (Å²) in [5.41, 5.74) is 6.29. The highest BCUT2D eigenvalue weighted by atomic mass is 16.2. The molecule has 0 radical (unpaired) electrons. The van der Waals surface area contributed by atoms with Crippen molar-refractivity contribution in [2.45, 2.75) is 32.2 Å². The van der Waals surface area contributed by atoms with E-state index in [1.165, 1.54) is 12.8 Å². The maximum Gasteiger partial charge on any atom is 0.227 e. The molecule has 0 unspecified atom stereocenters. The zero-order valence-electron chi connectivity index (χ0n) is 15.8. The third-order valence-corrected chi connectivity index (χ3v) is 5.73. The number of nitrogens with one attached hydrogen (secondary N) is 1. The van der Waals surface area contributed by atoms with E-state index in [-0.39, 0.29) is 5.91 Å². The van der Waals surface area contributed by atoms with Gasteiger partial charge in [-0.25, -0.2) is 4.98 Å². The Hall–Kier alpha value is -3.33. The van der Waals surface area contributed by atoms with E-state index >= 15 is 0 Å². The van der Waals surface area contributed by atoms with E-state index in [1.54, 1.807) is 4.90 Å². The number of imidazole rings is 1. The van der Waals surface area contributed by atoms with Crippen molar-refractivity contribution < 1.29 is 4.79 Å². The van der Waals surface area contributed by atoms with E-state index < -0.39 is 0 Å². The number of benzene rings is 2. The molecular formula is C22H21N5O. The predicted octanol–water partition coefficient (Wildman–Crippen LogP) is 3.97. The molecule has 28 heavy (non-hydrogen) atoms. The molecule has 1 N–H and O–H groups in total. The molecule has 1 fully saturated rings. The van der Waals surface area contributed by atoms with Gasteiger partial charge in [-0.15, -0.1) is 0 Å². The number of aryl methyl sites for hydroxylation is 1. The molecule has 0 spiro atoms. The minimum absolute atomic E-state index is 0.148. The Morgan fingerprint density at radius 2 is 2.11 bits per heavy atom. The molecule has 2 heterocycles. The minimum Gasteiger partial charge on any atom is -0.354 e. The number of nitrogens with zero attached hydrogens (tertiary/aromatic N) is 4. The highest BCUT2D eigenvalue weighted by Gasteiger charge is 2.23. The lowest BCUT2D eigenvalue weighted by atomic mass is 10.0. The molecule has 1 aromatic heterocycles. The molecule has 1 saturated carbocycles. The van der Waals surface area contributed by atoms with Crippen molar-refractivity contribution in [3.63, 3.8) is 0 Å². The van der Waals surface area contributed by atoms with Crippen molar-refractivity contribution in [3.05, 3.63) is 47.8 Å². The maximum absolute atomic E-state index is 11.9. The largest absolute Gasteiger partial charge is 0.354 e. The minimum atomic E-state index is 0.148. The average Bonchev–Trinajstić information content (AvgIpc) is 3.44. The van der Waals surface area contributed by atoms with Crippen molar-refractivity contribution in [1.82, 2.24) is 9.55 Å². The van der Waals surface area contributed by atoms with Crippen LogP contribution in [0.3, 0.4) is 0 Å². The van der Waals surface area contributed by atoms with Gasteiger partial charge >= 0.3 is 0 Å². The maximum atomic E-state index is 11.9. The van der Waals surface area contributed by atoms with Crippen LogP contribution in [-0.2, 0) is 17.8 Å². The molecule has 5 rings (SSSR count). The van der Waals surface area contributed by atoms with Gasteiger partial charge in [0.05, 0.1) is 28.6 Å². The third kappa shape index (κ3) is 2.89. The SMILES string of the molecule is CN1C(=O)CCc2cc(Nc3cc4c(cc3C#N)ncn4CC3CC3)ccc21. The summed E-state index contributed by atoms with van der Waals surface area (Å²) < 4.78 is 2.19. The van der Waals surface area contributed by atoms with Crippen molar-refractivity contribution in [1.29, 1.82) is 5.26 Å². The lowest BCUT2D eigenvalue weighted by Crippen LogP contribution is -2.31. The van der Waals surface area contributed by atoms with Crippen LogP contribution in [-0.4, -0.2) is 22.5 Å². The second-order valence-corrected chi connectivity index (χ2v) is 7.76. The number of aromatic nitrogens is 2. The van der Waals surface area contributed by atoms with Crippen LogP contribution in [0.15, 0.2) is 36.7 Å². The van der Waals surface area contributed by atoms with Gasteiger partial charge in [0.2, 0.25) is 5.91 Å². The number of carbonyl (C=O) groups is 1. The first kappa shape index (κ1) is 16.8. The monoisotopic (exact) mass is 371 g/mol. The molecule has 0 saturated heterocycles. The summed E-state index contributed by atoms with van der Waals surface area (Å²) in [6.07, 6.45) is 5.72. The van der Waals surface area contributed by atoms with Crippen LogP contribution in [0.25, 0.3) is 11.0 Å². The van der Waals surface area contributed by atoms with Gasteiger partial charge in [0.15, 0.2) is 0 Å². The number of amides is 1. The predicted molar refractivity (Wildman–Crippen MR) is 109 cm³/mol. The fourth-order valence-electron chi connectivity index (χ4n) is 3.91. The van der Waals surface area contributed by atoms with Crippen LogP contribution in [0.5, 0.6) is 0 Å². The zero-order valence-corrected chi connectivity index (χ0v) is 15.8. The Labute approximate surface area is 163 Å². The highest BCUT2D eigenvalue weighted by Crippen LogP contribution is 2.34. The molecule has 6 heteroatoms. The third-order valence-electron chi connectivity index (χ3n) is 5.73. The van der Waals surface area contributed by atoms with Crippen LogP contribution in [0, 0.1) is 17.2 Å². The summed E-state index contributed by atoms with van der Waals surface area (Å²) in [5, 5.41) is 13.0. The van der Waals surface area contributed by atoms with Crippen LogP contribution in [0.1, 0.15) is 30.4 Å². The van der Waals surface area contributed by atoms with Crippen LogP contribution < -0.4 is 10.2 Å². The second kappa shape index (κ2) is 6.38. The number of carbonyl (C=O) groups excluding carboxylic acids is 1. The van der Waals surface area contributed by atoms with Crippen LogP contribution in [0.4, 0.5) is 17.1 Å². The first-order valence-electron chi connectivity index (χ1n) is 9.68. The van der Waals surface area contributed by atoms with Crippen molar-refractivity contribution >= 4 is 34.0 Å². The Morgan fingerprint density at radius 3 is 2.89 bits per heavy atom. The topological polar surface area (TPSA) is 74.0 Å². The van der Waals surface area contributed by atoms with E-state index in [0.29, 0.717) is 12.0 Å². The molecule has 3 aromatic rings. The zero-order chi connectivity index (χ0) is 19.3. The normalized spacial score (nSPS) is 16.1. The second-order valence-electron chi connectivity index (χ2n) is 7.76. The highest BCUT2D eigenvalue weighted by molar-refractivity contribution is 5.96. The van der Waals surface area contributed by atoms with Crippen LogP contribution >= 0.6 is 0 Å². The number of fused-ring (bicyclic) bond motifs is 2. The Kier molecular flexibility index (Phi) is 3.83. The smallest absolute Gasteiger partial charge is 0.227 e. The standard InChI is InChI=1S/C22H21N5O/c1-26-20-6-5-17(8-15(20)4-7-22(26)28)25-18-10-21-19(9-16(18)11-23)24-13-27(21)12-14-2-3-14/h5-6,8-10,13-14,25H,2-4,7,12H2,1H3. The molecule has 2 aliphatic rings. The molecule has 1 aliphatic heterocycles. The summed E-state index contributed by atoms with van der Waals surface area (Å²) in [5.74, 6) is 0.902. The molecule has 6 nitrogen and oxygen atoms in total. The molecule has 140 valence electrons. The molecule has 1 aliphatic carbocycles. The quantitative estimate of drug-likeness (QED) is 0.753. The van der Waals surface area contributed by atoms with Gasteiger partial charge in [-0.3, -0.25) is 4.79 Å². The van der Waals surface area contributed by atoms with E-state index in [2.05, 4.69) is 27.0 Å². The first-order valence-corrected chi connectivity index (χ1v) is 9.68. The number of hydrogen-bond donors (Lipinski definition) is 1. The van der Waals surface area contributed by atoms with Crippen molar-refractivity contribution in [2.75, 3.05) is 17.3 Å². The first-order chi connectivity index (χ1) is 13.6. The number of rotatable bonds is 4. The Balaban J connectivity index is 1.50. The van der Waals surface area contributed by atoms with Gasteiger partial charge in [-0.1, -0.05) is 0 Å². The van der Waals surface area contributed by atoms with Gasteiger partial charge in [-0.2, -0.15) is 5.26 Å². The van der Waals surface area contributed by atoms with Crippen molar-refractivity contribution in [3.8, 4) is 6.07 Å². The van der Waals surface area contributed by atoms with Crippen LogP contribution in [0.2, 0.25) is 0 Å². The van der Waals surface area contributed by atoms with E-state index in [1.807, 2.05) is 37.6 Å². The van der Waals surface area contributed by atoms with Gasteiger partial charge in [0.1, 0.15) is 6.07 Å². The summed E-state index contributed by atoms with van der Waals surface area (Å²) in [4.78, 5) is 18.1. The van der Waals surface area contributed by atoms with Gasteiger partial charge in [0, 0.05) is 31.4 Å². The molecule has 0 atom stereocenters. The Morgan fingerprint density at radius 1 is 1.25 bits per heavy atom. The Bertz CT molecular complexity index is 1140. The summed E-state index contributed by atoms with van der Waals surface area (Å²) >= 11 is 0. The summed E-state index contributed by atoms with van der Waals surface area (Å²) in [6, 6.07) is 12.2. The van der Waals surface area contributed by atoms with Gasteiger partial charge in [-0.05, 0) is 61.1 Å². The summed E-state index contributed by atoms with van der Waals surface area (Å²) in [7, 11) is 1.82. The van der Waals surface area contributed by atoms with E-state index in [9.17, 15) is 10.1 Å². The molecule has 1 amide bonds. The average molecular weight is 371 g/mol. The van der Waals surface area contributed by atoms with Gasteiger partial charge < -0.3 is 14.8 Å². The fourth-order valence-corrected chi connectivity index (χ4v) is 3.91. The summed E-state index contributed by atoms with van der Waals surface area (Å²) in [6.45, 7) is 0.987. The van der Waals surface area contributed by atoms with E-state index in [4.69, 9.17) is 0 Å². The number of nitriles is 1. The fraction of sp³-hybridized carbons (Fsp3) is 0.318. The number of hydrogen-bond acceptors (Lipinski definition) is 4. The van der Waals surface area contributed by atoms with Crippen molar-refractivity contribution in [2.24, 2.45) is 5.92 Å². The molecule has 2 aromatic carbocycles. The lowest BCUT2D eigenvalue weighted by Gasteiger charge is -2.26. The number of anilines is 3. The van der Waals surface area contributed by atoms with Gasteiger partial charge in [0.25, 0.3) is 0 Å². The molecular weight excluding hydrogens is 350 g/mol. The lowest BCUT2D eigenvalue weighted by molar-refractivity contribution is -0.118. The molecule has 0 bridgehead atoms. The van der Waals surface area contributed by atoms with E-state index in [0.717, 1.165) is 52.5 Å².